The number of hydrogen-bond acceptors (Lipinski definition) is 2. The van der Waals surface area contributed by atoms with Crippen molar-refractivity contribution < 1.29 is 0 Å². The molecule has 0 N–H and O–H groups in total. The number of nitriles is 1. The van der Waals surface area contributed by atoms with Crippen LogP contribution >= 0.6 is 15.9 Å². The van der Waals surface area contributed by atoms with E-state index in [2.05, 4.69) is 27.0 Å². The molecule has 0 unspecified atom stereocenters. The highest BCUT2D eigenvalue weighted by Gasteiger charge is 2.08. The largest absolute Gasteiger partial charge is 0.331 e. The Labute approximate surface area is 90.1 Å². The van der Waals surface area contributed by atoms with Crippen molar-refractivity contribution in [2.45, 2.75) is 13.5 Å². The van der Waals surface area contributed by atoms with Gasteiger partial charge in [0.25, 0.3) is 0 Å². The van der Waals surface area contributed by atoms with Gasteiger partial charge in [-0.05, 0) is 28.9 Å². The maximum atomic E-state index is 8.93. The molecule has 4 heteroatoms. The first-order valence-corrected chi connectivity index (χ1v) is 5.10. The van der Waals surface area contributed by atoms with Gasteiger partial charge in [0.2, 0.25) is 0 Å². The van der Waals surface area contributed by atoms with Gasteiger partial charge in [-0.2, -0.15) is 5.26 Å². The Hall–Kier alpha value is -1.34. The second kappa shape index (κ2) is 3.43. The van der Waals surface area contributed by atoms with Crippen molar-refractivity contribution >= 4 is 27.0 Å². The molecule has 0 saturated carbocycles. The van der Waals surface area contributed by atoms with Gasteiger partial charge in [-0.3, -0.25) is 0 Å². The van der Waals surface area contributed by atoms with Crippen LogP contribution in [0.3, 0.4) is 0 Å². The molecule has 0 fully saturated rings. The monoisotopic (exact) mass is 249 g/mol. The number of aryl methyl sites for hydroxylation is 1. The third-order valence-electron chi connectivity index (χ3n) is 2.14. The summed E-state index contributed by atoms with van der Waals surface area (Å²) in [6.07, 6.45) is 3.58. The highest BCUT2D eigenvalue weighted by molar-refractivity contribution is 9.10. The molecule has 14 heavy (non-hydrogen) atoms. The van der Waals surface area contributed by atoms with Gasteiger partial charge in [0.05, 0.1) is 5.56 Å². The summed E-state index contributed by atoms with van der Waals surface area (Å²) in [6.45, 7) is 2.86. The Morgan fingerprint density at radius 1 is 1.64 bits per heavy atom. The van der Waals surface area contributed by atoms with E-state index in [1.807, 2.05) is 23.8 Å². The first-order chi connectivity index (χ1) is 6.76. The van der Waals surface area contributed by atoms with Gasteiger partial charge >= 0.3 is 0 Å². The minimum atomic E-state index is 0.677. The van der Waals surface area contributed by atoms with Gasteiger partial charge in [0.15, 0.2) is 0 Å². The highest BCUT2D eigenvalue weighted by Crippen LogP contribution is 2.22. The molecule has 0 radical (unpaired) electrons. The molecule has 0 atom stereocenters. The molecule has 2 rings (SSSR count). The van der Waals surface area contributed by atoms with Gasteiger partial charge in [-0.15, -0.1) is 0 Å². The van der Waals surface area contributed by atoms with Crippen LogP contribution in [0.25, 0.3) is 11.0 Å². The van der Waals surface area contributed by atoms with E-state index in [0.29, 0.717) is 5.56 Å². The topological polar surface area (TPSA) is 41.6 Å². The van der Waals surface area contributed by atoms with Crippen LogP contribution in [-0.4, -0.2) is 9.55 Å². The normalized spacial score (nSPS) is 10.4. The molecule has 0 aliphatic rings. The molecule has 2 aromatic heterocycles. The van der Waals surface area contributed by atoms with E-state index < -0.39 is 0 Å². The Bertz CT molecular complexity index is 522. The van der Waals surface area contributed by atoms with Crippen LogP contribution < -0.4 is 0 Å². The van der Waals surface area contributed by atoms with Crippen LogP contribution in [-0.2, 0) is 6.54 Å². The van der Waals surface area contributed by atoms with Gasteiger partial charge in [-0.25, -0.2) is 4.98 Å². The fourth-order valence-corrected chi connectivity index (χ4v) is 1.81. The smallest absolute Gasteiger partial charge is 0.141 e. The zero-order chi connectivity index (χ0) is 10.1. The van der Waals surface area contributed by atoms with Crippen molar-refractivity contribution in [2.75, 3.05) is 0 Å². The van der Waals surface area contributed by atoms with Crippen molar-refractivity contribution in [1.29, 1.82) is 5.26 Å². The van der Waals surface area contributed by atoms with E-state index in [1.165, 1.54) is 0 Å². The molecule has 0 amide bonds. The number of nitrogens with zero attached hydrogens (tertiary/aromatic N) is 3. The number of aromatic nitrogens is 2. The quantitative estimate of drug-likeness (QED) is 0.780. The van der Waals surface area contributed by atoms with Crippen molar-refractivity contribution in [3.63, 3.8) is 0 Å². The molecule has 0 aliphatic carbocycles. The van der Waals surface area contributed by atoms with Crippen LogP contribution in [0.2, 0.25) is 0 Å². The third-order valence-corrected chi connectivity index (χ3v) is 2.58. The Kier molecular flexibility index (Phi) is 2.26. The fourth-order valence-electron chi connectivity index (χ4n) is 1.48. The summed E-state index contributed by atoms with van der Waals surface area (Å²) in [5, 5.41) is 9.84. The summed E-state index contributed by atoms with van der Waals surface area (Å²) < 4.78 is 2.87. The maximum Gasteiger partial charge on any atom is 0.141 e. The van der Waals surface area contributed by atoms with Gasteiger partial charge in [0.1, 0.15) is 11.7 Å². The average Bonchev–Trinajstić information content (AvgIpc) is 2.55. The predicted octanol–water partition coefficient (Wildman–Crippen LogP) is 2.69. The van der Waals surface area contributed by atoms with Crippen LogP contribution in [0.1, 0.15) is 12.5 Å². The first-order valence-electron chi connectivity index (χ1n) is 4.30. The minimum absolute atomic E-state index is 0.677. The lowest BCUT2D eigenvalue weighted by molar-refractivity contribution is 0.787. The van der Waals surface area contributed by atoms with E-state index in [4.69, 9.17) is 5.26 Å². The molecule has 0 saturated heterocycles. The number of halogens is 1. The summed E-state index contributed by atoms with van der Waals surface area (Å²) in [5.41, 5.74) is 1.54. The van der Waals surface area contributed by atoms with Gasteiger partial charge in [-0.1, -0.05) is 0 Å². The van der Waals surface area contributed by atoms with Gasteiger partial charge in [0, 0.05) is 28.8 Å². The SMILES string of the molecule is CCn1cc(C#N)c2cc(Br)cnc21. The summed E-state index contributed by atoms with van der Waals surface area (Å²) in [4.78, 5) is 4.29. The van der Waals surface area contributed by atoms with Crippen molar-refractivity contribution in [3.05, 3.63) is 28.5 Å². The van der Waals surface area contributed by atoms with E-state index in [9.17, 15) is 0 Å². The van der Waals surface area contributed by atoms with Crippen LogP contribution in [0, 0.1) is 11.3 Å². The number of fused-ring (bicyclic) bond motifs is 1. The predicted molar refractivity (Wildman–Crippen MR) is 57.8 cm³/mol. The number of rotatable bonds is 1. The lowest BCUT2D eigenvalue weighted by Crippen LogP contribution is -1.92. The lowest BCUT2D eigenvalue weighted by atomic mass is 10.2. The van der Waals surface area contributed by atoms with E-state index >= 15 is 0 Å². The van der Waals surface area contributed by atoms with Crippen LogP contribution in [0.4, 0.5) is 0 Å². The summed E-state index contributed by atoms with van der Waals surface area (Å²) in [5.74, 6) is 0. The second-order valence-electron chi connectivity index (χ2n) is 2.97. The molecule has 0 spiro atoms. The summed E-state index contributed by atoms with van der Waals surface area (Å²) >= 11 is 3.35. The summed E-state index contributed by atoms with van der Waals surface area (Å²) in [6, 6.07) is 4.09. The molecular weight excluding hydrogens is 242 g/mol. The highest BCUT2D eigenvalue weighted by atomic mass is 79.9. The Morgan fingerprint density at radius 2 is 2.43 bits per heavy atom. The van der Waals surface area contributed by atoms with Crippen molar-refractivity contribution in [3.8, 4) is 6.07 Å². The lowest BCUT2D eigenvalue weighted by Gasteiger charge is -1.98. The minimum Gasteiger partial charge on any atom is -0.331 e. The maximum absolute atomic E-state index is 8.93. The van der Waals surface area contributed by atoms with Crippen molar-refractivity contribution in [1.82, 2.24) is 9.55 Å². The van der Waals surface area contributed by atoms with Crippen LogP contribution in [0.5, 0.6) is 0 Å². The van der Waals surface area contributed by atoms with Crippen LogP contribution in [0.15, 0.2) is 22.9 Å². The Balaban J connectivity index is 2.84. The molecule has 0 bridgehead atoms. The fraction of sp³-hybridized carbons (Fsp3) is 0.200. The number of pyridine rings is 1. The average molecular weight is 250 g/mol. The first kappa shape index (κ1) is 9.22. The molecule has 3 nitrogen and oxygen atoms in total. The van der Waals surface area contributed by atoms with E-state index in [0.717, 1.165) is 22.1 Å². The Morgan fingerprint density at radius 3 is 3.07 bits per heavy atom. The van der Waals surface area contributed by atoms with Crippen molar-refractivity contribution in [2.24, 2.45) is 0 Å². The standard InChI is InChI=1S/C10H8BrN3/c1-2-14-6-7(4-12)9-3-8(11)5-13-10(9)14/h3,5-6H,2H2,1H3. The molecule has 0 aromatic carbocycles. The second-order valence-corrected chi connectivity index (χ2v) is 3.88. The number of hydrogen-bond donors (Lipinski definition) is 0. The third kappa shape index (κ3) is 1.30. The molecule has 70 valence electrons. The zero-order valence-electron chi connectivity index (χ0n) is 7.66. The van der Waals surface area contributed by atoms with E-state index in [1.54, 1.807) is 6.20 Å². The van der Waals surface area contributed by atoms with E-state index in [-0.39, 0.29) is 0 Å². The molecule has 2 aromatic rings. The molecule has 0 aliphatic heterocycles. The molecule has 2 heterocycles. The zero-order valence-corrected chi connectivity index (χ0v) is 9.24. The molecular formula is C10H8BrN3. The van der Waals surface area contributed by atoms with Gasteiger partial charge < -0.3 is 4.57 Å². The summed E-state index contributed by atoms with van der Waals surface area (Å²) in [7, 11) is 0.